The van der Waals surface area contributed by atoms with Crippen LogP contribution in [0.1, 0.15) is 36.7 Å². The van der Waals surface area contributed by atoms with Gasteiger partial charge in [0, 0.05) is 37.5 Å². The first kappa shape index (κ1) is 29.0. The zero-order chi connectivity index (χ0) is 27.9. The van der Waals surface area contributed by atoms with E-state index in [0.717, 1.165) is 21.5 Å². The second-order valence-corrected chi connectivity index (χ2v) is 9.33. The lowest BCUT2D eigenvalue weighted by Crippen LogP contribution is -2.48. The summed E-state index contributed by atoms with van der Waals surface area (Å²) < 4.78 is 11.6. The normalized spacial score (nSPS) is 11.0. The Morgan fingerprint density at radius 2 is 1.62 bits per heavy atom. The first-order valence-corrected chi connectivity index (χ1v) is 11.5. The molecule has 200 valence electrons. The monoisotopic (exact) mass is 516 g/mol. The average molecular weight is 517 g/mol. The zero-order valence-corrected chi connectivity index (χ0v) is 21.8. The van der Waals surface area contributed by atoms with E-state index < -0.39 is 53.8 Å². The Morgan fingerprint density at radius 1 is 1.00 bits per heavy atom. The summed E-state index contributed by atoms with van der Waals surface area (Å²) in [4.78, 5) is 77.8. The summed E-state index contributed by atoms with van der Waals surface area (Å²) in [6.07, 6.45) is 0.560. The van der Waals surface area contributed by atoms with Gasteiger partial charge in [0.05, 0.1) is 7.11 Å². The number of hydrogen-bond acceptors (Lipinski definition) is 8. The van der Waals surface area contributed by atoms with Crippen LogP contribution in [0.2, 0.25) is 0 Å². The van der Waals surface area contributed by atoms with E-state index in [0.29, 0.717) is 4.57 Å². The fourth-order valence-corrected chi connectivity index (χ4v) is 3.23. The van der Waals surface area contributed by atoms with Gasteiger partial charge in [-0.2, -0.15) is 4.57 Å². The lowest BCUT2D eigenvalue weighted by molar-refractivity contribution is -0.147. The summed E-state index contributed by atoms with van der Waals surface area (Å²) >= 11 is 0. The van der Waals surface area contributed by atoms with Gasteiger partial charge in [-0.1, -0.05) is 18.2 Å². The maximum absolute atomic E-state index is 13.1. The van der Waals surface area contributed by atoms with Gasteiger partial charge in [-0.25, -0.2) is 9.59 Å². The highest BCUT2D eigenvalue weighted by molar-refractivity contribution is 5.95. The second kappa shape index (κ2) is 12.2. The number of carbonyl (C=O) groups is 4. The lowest BCUT2D eigenvalue weighted by atomic mass is 10.2. The van der Waals surface area contributed by atoms with Gasteiger partial charge < -0.3 is 19.3 Å². The number of nitrogens with zero attached hydrogens (tertiary/aromatic N) is 4. The van der Waals surface area contributed by atoms with E-state index >= 15 is 0 Å². The van der Waals surface area contributed by atoms with Crippen LogP contribution in [-0.4, -0.2) is 82.2 Å². The molecule has 0 saturated carbocycles. The number of esters is 1. The van der Waals surface area contributed by atoms with Crippen molar-refractivity contribution >= 4 is 23.9 Å². The summed E-state index contributed by atoms with van der Waals surface area (Å²) in [5.41, 5.74) is -2.11. The Kier molecular flexibility index (Phi) is 9.53. The molecule has 37 heavy (non-hydrogen) atoms. The van der Waals surface area contributed by atoms with E-state index in [1.165, 1.54) is 32.3 Å². The third kappa shape index (κ3) is 7.89. The fraction of sp³-hybridized carbons (Fsp3) is 0.440. The molecular formula is C25H32N4O8. The van der Waals surface area contributed by atoms with E-state index in [2.05, 4.69) is 4.74 Å². The lowest BCUT2D eigenvalue weighted by Gasteiger charge is -2.27. The maximum atomic E-state index is 13.1. The molecule has 0 aliphatic heterocycles. The molecule has 0 spiro atoms. The molecule has 0 radical (unpaired) electrons. The Labute approximate surface area is 214 Å². The number of aromatic nitrogens is 2. The quantitative estimate of drug-likeness (QED) is 0.472. The van der Waals surface area contributed by atoms with Crippen molar-refractivity contribution in [2.45, 2.75) is 39.8 Å². The van der Waals surface area contributed by atoms with Crippen LogP contribution in [-0.2, 0) is 25.6 Å². The maximum Gasteiger partial charge on any atom is 0.410 e. The molecule has 12 nitrogen and oxygen atoms in total. The van der Waals surface area contributed by atoms with Gasteiger partial charge in [0.25, 0.3) is 11.5 Å². The van der Waals surface area contributed by atoms with Crippen LogP contribution < -0.4 is 11.2 Å². The van der Waals surface area contributed by atoms with Crippen molar-refractivity contribution in [1.29, 1.82) is 0 Å². The highest BCUT2D eigenvalue weighted by atomic mass is 16.6. The molecule has 2 rings (SSSR count). The van der Waals surface area contributed by atoms with Crippen LogP contribution in [0.5, 0.6) is 0 Å². The van der Waals surface area contributed by atoms with Gasteiger partial charge in [0.2, 0.25) is 5.91 Å². The molecule has 0 unspecified atom stereocenters. The van der Waals surface area contributed by atoms with Crippen LogP contribution in [0, 0.1) is 6.92 Å². The molecule has 12 heteroatoms. The predicted molar refractivity (Wildman–Crippen MR) is 133 cm³/mol. The number of methoxy groups -OCH3 is 1. The second-order valence-electron chi connectivity index (χ2n) is 9.33. The molecule has 1 aromatic carbocycles. The summed E-state index contributed by atoms with van der Waals surface area (Å²) in [5.74, 6) is -2.09. The first-order chi connectivity index (χ1) is 17.2. The summed E-state index contributed by atoms with van der Waals surface area (Å²) in [6, 6.07) is 7.88. The van der Waals surface area contributed by atoms with E-state index in [-0.39, 0.29) is 24.2 Å². The van der Waals surface area contributed by atoms with E-state index in [1.54, 1.807) is 39.0 Å². The molecule has 1 aromatic heterocycles. The Hall–Kier alpha value is -4.22. The average Bonchev–Trinajstić information content (AvgIpc) is 2.83. The SMILES string of the molecule is COC(=O)CN(CCn1cc(C)c(=O)n(C(=O)c2ccccc2)c1=O)C(=O)CN(C)C(=O)OC(C)(C)C. The van der Waals surface area contributed by atoms with E-state index in [9.17, 15) is 28.8 Å². The summed E-state index contributed by atoms with van der Waals surface area (Å²) in [5, 5.41) is 0. The van der Waals surface area contributed by atoms with E-state index in [4.69, 9.17) is 4.74 Å². The van der Waals surface area contributed by atoms with Crippen molar-refractivity contribution in [3.63, 3.8) is 0 Å². The molecule has 0 aliphatic carbocycles. The summed E-state index contributed by atoms with van der Waals surface area (Å²) in [6.45, 7) is 5.40. The van der Waals surface area contributed by atoms with Crippen LogP contribution in [0.25, 0.3) is 0 Å². The highest BCUT2D eigenvalue weighted by Crippen LogP contribution is 2.09. The Bertz CT molecular complexity index is 1270. The first-order valence-electron chi connectivity index (χ1n) is 11.5. The molecular weight excluding hydrogens is 484 g/mol. The van der Waals surface area contributed by atoms with Crippen LogP contribution in [0.4, 0.5) is 4.79 Å². The topological polar surface area (TPSA) is 137 Å². The van der Waals surface area contributed by atoms with Crippen LogP contribution in [0.15, 0.2) is 46.1 Å². The molecule has 2 aromatic rings. The smallest absolute Gasteiger partial charge is 0.410 e. The van der Waals surface area contributed by atoms with Crippen molar-refractivity contribution in [2.75, 3.05) is 33.8 Å². The van der Waals surface area contributed by atoms with Crippen LogP contribution >= 0.6 is 0 Å². The van der Waals surface area contributed by atoms with Crippen molar-refractivity contribution < 1.29 is 28.7 Å². The number of hydrogen-bond donors (Lipinski definition) is 0. The standard InChI is InChI=1S/C25H32N4O8/c1-17-14-28(23(34)29(21(17)32)22(33)18-10-8-7-9-11-18)13-12-27(16-20(31)36-6)19(30)15-26(5)24(35)37-25(2,3)4/h7-11,14H,12-13,15-16H2,1-6H3. The number of rotatable bonds is 8. The van der Waals surface area contributed by atoms with E-state index in [1.807, 2.05) is 0 Å². The number of carbonyl (C=O) groups excluding carboxylic acids is 4. The third-order valence-electron chi connectivity index (χ3n) is 5.14. The van der Waals surface area contributed by atoms with Gasteiger partial charge in [-0.15, -0.1) is 0 Å². The minimum Gasteiger partial charge on any atom is -0.468 e. The zero-order valence-electron chi connectivity index (χ0n) is 21.8. The Balaban J connectivity index is 2.29. The molecule has 1 heterocycles. The Morgan fingerprint density at radius 3 is 2.19 bits per heavy atom. The van der Waals surface area contributed by atoms with Gasteiger partial charge in [0.1, 0.15) is 18.7 Å². The van der Waals surface area contributed by atoms with Gasteiger partial charge >= 0.3 is 17.8 Å². The number of aryl methyl sites for hydroxylation is 1. The molecule has 0 bridgehead atoms. The molecule has 0 atom stereocenters. The molecule has 0 N–H and O–H groups in total. The predicted octanol–water partition coefficient (Wildman–Crippen LogP) is 0.875. The number of likely N-dealkylation sites (N-methyl/N-ethyl adjacent to an activating group) is 1. The third-order valence-corrected chi connectivity index (χ3v) is 5.14. The largest absolute Gasteiger partial charge is 0.468 e. The van der Waals surface area contributed by atoms with Crippen molar-refractivity contribution in [3.8, 4) is 0 Å². The number of ether oxygens (including phenoxy) is 2. The minimum atomic E-state index is -0.888. The molecule has 0 fully saturated rings. The van der Waals surface area contributed by atoms with Crippen molar-refractivity contribution in [3.05, 3.63) is 68.5 Å². The van der Waals surface area contributed by atoms with Crippen molar-refractivity contribution in [2.24, 2.45) is 0 Å². The van der Waals surface area contributed by atoms with Gasteiger partial charge in [0.15, 0.2) is 0 Å². The van der Waals surface area contributed by atoms with Gasteiger partial charge in [-0.05, 0) is 39.8 Å². The fourth-order valence-electron chi connectivity index (χ4n) is 3.23. The molecule has 0 aliphatic rings. The number of amides is 2. The number of benzene rings is 1. The summed E-state index contributed by atoms with van der Waals surface area (Å²) in [7, 11) is 2.54. The highest BCUT2D eigenvalue weighted by Gasteiger charge is 2.25. The van der Waals surface area contributed by atoms with Crippen molar-refractivity contribution in [1.82, 2.24) is 18.9 Å². The van der Waals surface area contributed by atoms with Gasteiger partial charge in [-0.3, -0.25) is 23.7 Å². The molecule has 2 amide bonds. The molecule has 0 saturated heterocycles. The minimum absolute atomic E-state index is 0.138. The van der Waals surface area contributed by atoms with Crippen LogP contribution in [0.3, 0.4) is 0 Å².